The van der Waals surface area contributed by atoms with Gasteiger partial charge in [-0.3, -0.25) is 0 Å². The maximum absolute atomic E-state index is 12.0. The lowest BCUT2D eigenvalue weighted by atomic mass is 10.3. The van der Waals surface area contributed by atoms with Crippen LogP contribution in [-0.4, -0.2) is 41.3 Å². The van der Waals surface area contributed by atoms with Gasteiger partial charge in [0, 0.05) is 13.1 Å². The van der Waals surface area contributed by atoms with Crippen LogP contribution in [-0.2, 0) is 10.0 Å². The number of likely N-dealkylation sites (N-methyl/N-ethyl adjacent to an activating group) is 1. The molecule has 0 saturated heterocycles. The maximum atomic E-state index is 12.0. The predicted octanol–water partition coefficient (Wildman–Crippen LogP) is 1.52. The summed E-state index contributed by atoms with van der Waals surface area (Å²) in [5, 5.41) is 2.89. The van der Waals surface area contributed by atoms with Crippen LogP contribution in [0, 0.1) is 0 Å². The lowest BCUT2D eigenvalue weighted by molar-refractivity contribution is -0.132. The topological polar surface area (TPSA) is 67.4 Å². The van der Waals surface area contributed by atoms with Crippen molar-refractivity contribution in [1.29, 1.82) is 0 Å². The van der Waals surface area contributed by atoms with E-state index >= 15 is 0 Å². The fraction of sp³-hybridized carbons (Fsp3) is 0.500. The molecule has 1 aromatic carbocycles. The van der Waals surface area contributed by atoms with Gasteiger partial charge in [-0.05, 0) is 31.3 Å². The van der Waals surface area contributed by atoms with Crippen LogP contribution in [0.4, 0.5) is 13.2 Å². The second-order valence-corrected chi connectivity index (χ2v) is 5.95. The van der Waals surface area contributed by atoms with Gasteiger partial charge in [-0.1, -0.05) is 0 Å². The van der Waals surface area contributed by atoms with Crippen molar-refractivity contribution in [2.75, 3.05) is 26.7 Å². The number of sulfonamides is 1. The van der Waals surface area contributed by atoms with E-state index in [2.05, 4.69) is 5.32 Å². The fourth-order valence-corrected chi connectivity index (χ4v) is 2.43. The maximum Gasteiger partial charge on any atom is 0.390 e. The van der Waals surface area contributed by atoms with Gasteiger partial charge in [0.05, 0.1) is 11.3 Å². The number of rotatable bonds is 8. The van der Waals surface area contributed by atoms with Gasteiger partial charge in [0.25, 0.3) is 0 Å². The lowest BCUT2D eigenvalue weighted by Crippen LogP contribution is -2.28. The fourth-order valence-electron chi connectivity index (χ4n) is 1.40. The highest BCUT2D eigenvalue weighted by Crippen LogP contribution is 2.19. The van der Waals surface area contributed by atoms with Crippen molar-refractivity contribution in [3.05, 3.63) is 24.3 Å². The number of ether oxygens (including phenoxy) is 1. The first-order chi connectivity index (χ1) is 9.74. The summed E-state index contributed by atoms with van der Waals surface area (Å²) in [7, 11) is -2.17. The molecule has 0 bridgehead atoms. The Hall–Kier alpha value is -1.32. The molecule has 0 aliphatic rings. The highest BCUT2D eigenvalue weighted by Gasteiger charge is 2.27. The Morgan fingerprint density at radius 3 is 2.29 bits per heavy atom. The van der Waals surface area contributed by atoms with Gasteiger partial charge in [-0.25, -0.2) is 13.1 Å². The van der Waals surface area contributed by atoms with Crippen LogP contribution < -0.4 is 14.8 Å². The standard InChI is InChI=1S/C12H17F3N2O3S/c1-16-8-9-20-10-2-4-11(5-3-10)21(18,19)17-7-6-12(13,14)15/h2-5,16-17H,6-9H2,1H3. The Morgan fingerprint density at radius 2 is 1.76 bits per heavy atom. The van der Waals surface area contributed by atoms with Crippen molar-refractivity contribution >= 4 is 10.0 Å². The molecule has 9 heteroatoms. The minimum Gasteiger partial charge on any atom is -0.492 e. The summed E-state index contributed by atoms with van der Waals surface area (Å²) < 4.78 is 66.7. The van der Waals surface area contributed by atoms with Crippen LogP contribution >= 0.6 is 0 Å². The number of benzene rings is 1. The number of hydrogen-bond donors (Lipinski definition) is 2. The third kappa shape index (κ3) is 6.78. The first-order valence-corrected chi connectivity index (χ1v) is 7.67. The van der Waals surface area contributed by atoms with E-state index in [9.17, 15) is 21.6 Å². The summed E-state index contributed by atoms with van der Waals surface area (Å²) in [6.45, 7) is 0.373. The molecule has 120 valence electrons. The molecular formula is C12H17F3N2O3S. The highest BCUT2D eigenvalue weighted by molar-refractivity contribution is 7.89. The van der Waals surface area contributed by atoms with Crippen LogP contribution in [0.1, 0.15) is 6.42 Å². The molecule has 0 aliphatic heterocycles. The lowest BCUT2D eigenvalue weighted by Gasteiger charge is -2.10. The number of hydrogen-bond acceptors (Lipinski definition) is 4. The van der Waals surface area contributed by atoms with E-state index in [1.54, 1.807) is 7.05 Å². The molecule has 0 spiro atoms. The van der Waals surface area contributed by atoms with Crippen LogP contribution in [0.15, 0.2) is 29.2 Å². The second-order valence-electron chi connectivity index (χ2n) is 4.19. The summed E-state index contributed by atoms with van der Waals surface area (Å²) in [4.78, 5) is -0.106. The van der Waals surface area contributed by atoms with Crippen molar-refractivity contribution in [2.24, 2.45) is 0 Å². The van der Waals surface area contributed by atoms with E-state index in [1.165, 1.54) is 24.3 Å². The van der Waals surface area contributed by atoms with Crippen molar-refractivity contribution in [2.45, 2.75) is 17.5 Å². The van der Waals surface area contributed by atoms with Crippen molar-refractivity contribution < 1.29 is 26.3 Å². The van der Waals surface area contributed by atoms with E-state index < -0.39 is 29.2 Å². The van der Waals surface area contributed by atoms with E-state index in [0.717, 1.165) is 0 Å². The molecule has 0 radical (unpaired) electrons. The van der Waals surface area contributed by atoms with E-state index in [1.807, 2.05) is 4.72 Å². The molecule has 0 unspecified atom stereocenters. The van der Waals surface area contributed by atoms with E-state index in [-0.39, 0.29) is 4.90 Å². The molecular weight excluding hydrogens is 309 g/mol. The molecule has 1 rings (SSSR count). The molecule has 5 nitrogen and oxygen atoms in total. The summed E-state index contributed by atoms with van der Waals surface area (Å²) in [5.41, 5.74) is 0. The molecule has 0 heterocycles. The molecule has 0 fully saturated rings. The monoisotopic (exact) mass is 326 g/mol. The minimum atomic E-state index is -4.40. The number of nitrogens with one attached hydrogen (secondary N) is 2. The Balaban J connectivity index is 2.59. The summed E-state index contributed by atoms with van der Waals surface area (Å²) in [6.07, 6.45) is -5.61. The van der Waals surface area contributed by atoms with Crippen molar-refractivity contribution in [3.8, 4) is 5.75 Å². The first-order valence-electron chi connectivity index (χ1n) is 6.18. The summed E-state index contributed by atoms with van der Waals surface area (Å²) in [6, 6.07) is 5.47. The molecule has 0 amide bonds. The zero-order valence-corrected chi connectivity index (χ0v) is 12.2. The smallest absolute Gasteiger partial charge is 0.390 e. The van der Waals surface area contributed by atoms with E-state index in [0.29, 0.717) is 18.9 Å². The molecule has 0 aliphatic carbocycles. The van der Waals surface area contributed by atoms with Crippen LogP contribution in [0.25, 0.3) is 0 Å². The van der Waals surface area contributed by atoms with Gasteiger partial charge in [-0.2, -0.15) is 13.2 Å². The van der Waals surface area contributed by atoms with Gasteiger partial charge in [0.1, 0.15) is 12.4 Å². The SMILES string of the molecule is CNCCOc1ccc(S(=O)(=O)NCCC(F)(F)F)cc1. The Labute approximate surface area is 121 Å². The summed E-state index contributed by atoms with van der Waals surface area (Å²) in [5.74, 6) is 0.486. The molecule has 2 N–H and O–H groups in total. The highest BCUT2D eigenvalue weighted by atomic mass is 32.2. The number of halogens is 3. The van der Waals surface area contributed by atoms with Crippen LogP contribution in [0.5, 0.6) is 5.75 Å². The second kappa shape index (κ2) is 7.62. The molecule has 1 aromatic rings. The number of alkyl halides is 3. The van der Waals surface area contributed by atoms with Crippen molar-refractivity contribution in [1.82, 2.24) is 10.0 Å². The van der Waals surface area contributed by atoms with Crippen LogP contribution in [0.2, 0.25) is 0 Å². The molecule has 21 heavy (non-hydrogen) atoms. The average Bonchev–Trinajstić information content (AvgIpc) is 2.38. The third-order valence-corrected chi connectivity index (χ3v) is 3.93. The average molecular weight is 326 g/mol. The zero-order chi connectivity index (χ0) is 15.9. The largest absolute Gasteiger partial charge is 0.492 e. The van der Waals surface area contributed by atoms with E-state index in [4.69, 9.17) is 4.74 Å². The third-order valence-electron chi connectivity index (χ3n) is 2.46. The van der Waals surface area contributed by atoms with Gasteiger partial charge >= 0.3 is 6.18 Å². The van der Waals surface area contributed by atoms with Crippen LogP contribution in [0.3, 0.4) is 0 Å². The van der Waals surface area contributed by atoms with Gasteiger partial charge in [0.2, 0.25) is 10.0 Å². The first kappa shape index (κ1) is 17.7. The molecule has 0 atom stereocenters. The van der Waals surface area contributed by atoms with Gasteiger partial charge in [-0.15, -0.1) is 0 Å². The Morgan fingerprint density at radius 1 is 1.14 bits per heavy atom. The van der Waals surface area contributed by atoms with Gasteiger partial charge in [0.15, 0.2) is 0 Å². The summed E-state index contributed by atoms with van der Waals surface area (Å²) >= 11 is 0. The van der Waals surface area contributed by atoms with Gasteiger partial charge < -0.3 is 10.1 Å². The quantitative estimate of drug-likeness (QED) is 0.711. The molecule has 0 saturated carbocycles. The molecule has 0 aromatic heterocycles. The minimum absolute atomic E-state index is 0.106. The van der Waals surface area contributed by atoms with Crippen molar-refractivity contribution in [3.63, 3.8) is 0 Å². The predicted molar refractivity (Wildman–Crippen MR) is 71.7 cm³/mol. The normalized spacial score (nSPS) is 12.4. The Bertz CT molecular complexity index is 530. The Kier molecular flexibility index (Phi) is 6.43. The zero-order valence-electron chi connectivity index (χ0n) is 11.4.